The molecule has 1 N–H and O–H groups in total. The zero-order valence-corrected chi connectivity index (χ0v) is 17.9. The molecule has 10 heteroatoms. The zero-order valence-electron chi connectivity index (χ0n) is 17.9. The van der Waals surface area contributed by atoms with Crippen molar-refractivity contribution in [3.05, 3.63) is 58.5 Å². The lowest BCUT2D eigenvalue weighted by Crippen LogP contribution is -2.51. The first kappa shape index (κ1) is 21.3. The number of piperazine rings is 1. The van der Waals surface area contributed by atoms with Gasteiger partial charge in [0, 0.05) is 38.9 Å². The largest absolute Gasteiger partial charge is 0.465 e. The number of aromatic nitrogens is 3. The highest BCUT2D eigenvalue weighted by Crippen LogP contribution is 2.18. The minimum atomic E-state index is -0.519. The summed E-state index contributed by atoms with van der Waals surface area (Å²) in [5, 5.41) is 2.78. The molecule has 2 aromatic heterocycles. The molecular weight excluding hydrogens is 412 g/mol. The number of hydrogen-bond donors (Lipinski definition) is 1. The second-order valence-corrected chi connectivity index (χ2v) is 7.27. The van der Waals surface area contributed by atoms with E-state index in [4.69, 9.17) is 4.74 Å². The highest BCUT2D eigenvalue weighted by molar-refractivity contribution is 6.00. The van der Waals surface area contributed by atoms with Gasteiger partial charge in [-0.05, 0) is 31.2 Å². The number of carbonyl (C=O) groups is 2. The van der Waals surface area contributed by atoms with Crippen LogP contribution in [0.3, 0.4) is 0 Å². The van der Waals surface area contributed by atoms with Crippen molar-refractivity contribution in [1.29, 1.82) is 0 Å². The van der Waals surface area contributed by atoms with Crippen molar-refractivity contribution in [3.8, 4) is 0 Å². The molecule has 1 aliphatic rings. The van der Waals surface area contributed by atoms with Gasteiger partial charge in [0.05, 0.1) is 18.4 Å². The van der Waals surface area contributed by atoms with Crippen LogP contribution in [0.2, 0.25) is 0 Å². The van der Waals surface area contributed by atoms with Gasteiger partial charge in [-0.1, -0.05) is 12.1 Å². The quantitative estimate of drug-likeness (QED) is 0.623. The van der Waals surface area contributed by atoms with Crippen LogP contribution in [-0.4, -0.2) is 64.7 Å². The molecule has 4 rings (SSSR count). The normalized spacial score (nSPS) is 13.8. The van der Waals surface area contributed by atoms with Crippen molar-refractivity contribution >= 4 is 34.7 Å². The van der Waals surface area contributed by atoms with E-state index in [1.807, 2.05) is 17.9 Å². The van der Waals surface area contributed by atoms with Crippen LogP contribution in [0.25, 0.3) is 11.2 Å². The summed E-state index contributed by atoms with van der Waals surface area (Å²) in [6.07, 6.45) is 1.64. The van der Waals surface area contributed by atoms with E-state index >= 15 is 0 Å². The number of amides is 2. The lowest BCUT2D eigenvalue weighted by Gasteiger charge is -2.35. The van der Waals surface area contributed by atoms with Crippen LogP contribution in [0, 0.1) is 0 Å². The Morgan fingerprint density at radius 3 is 2.56 bits per heavy atom. The Kier molecular flexibility index (Phi) is 6.02. The smallest absolute Gasteiger partial charge is 0.339 e. The summed E-state index contributed by atoms with van der Waals surface area (Å²) >= 11 is 0. The molecule has 1 saturated heterocycles. The molecule has 1 aromatic carbocycles. The van der Waals surface area contributed by atoms with Gasteiger partial charge in [-0.15, -0.1) is 0 Å². The fourth-order valence-corrected chi connectivity index (χ4v) is 3.76. The van der Waals surface area contributed by atoms with Crippen molar-refractivity contribution < 1.29 is 14.3 Å². The van der Waals surface area contributed by atoms with E-state index in [1.165, 1.54) is 7.11 Å². The Balaban J connectivity index is 1.48. The third-order valence-electron chi connectivity index (χ3n) is 5.44. The number of aryl methyl sites for hydroxylation is 1. The maximum Gasteiger partial charge on any atom is 0.339 e. The van der Waals surface area contributed by atoms with Crippen LogP contribution in [0.5, 0.6) is 0 Å². The SMILES string of the molecule is CCn1c(=O)c(N2CCN(C(=O)Nc3ccccc3C(=O)OC)CC2)nc2cccnc21. The minimum absolute atomic E-state index is 0.191. The Hall–Kier alpha value is -3.95. The summed E-state index contributed by atoms with van der Waals surface area (Å²) in [7, 11) is 1.30. The number of fused-ring (bicyclic) bond motifs is 1. The molecule has 0 spiro atoms. The van der Waals surface area contributed by atoms with Crippen LogP contribution in [0.1, 0.15) is 17.3 Å². The average Bonchev–Trinajstić information content (AvgIpc) is 2.83. The molecule has 10 nitrogen and oxygen atoms in total. The van der Waals surface area contributed by atoms with E-state index in [1.54, 1.807) is 46.0 Å². The van der Waals surface area contributed by atoms with Gasteiger partial charge in [0.25, 0.3) is 5.56 Å². The molecule has 3 heterocycles. The van der Waals surface area contributed by atoms with E-state index in [9.17, 15) is 14.4 Å². The summed E-state index contributed by atoms with van der Waals surface area (Å²) in [6.45, 7) is 4.13. The van der Waals surface area contributed by atoms with E-state index in [-0.39, 0.29) is 17.2 Å². The van der Waals surface area contributed by atoms with Crippen LogP contribution >= 0.6 is 0 Å². The molecule has 0 aliphatic carbocycles. The van der Waals surface area contributed by atoms with Crippen molar-refractivity contribution in [1.82, 2.24) is 19.4 Å². The predicted molar refractivity (Wildman–Crippen MR) is 120 cm³/mol. The molecule has 0 bridgehead atoms. The number of urea groups is 1. The van der Waals surface area contributed by atoms with Gasteiger partial charge >= 0.3 is 12.0 Å². The number of anilines is 2. The van der Waals surface area contributed by atoms with E-state index in [2.05, 4.69) is 15.3 Å². The summed E-state index contributed by atoms with van der Waals surface area (Å²) < 4.78 is 6.39. The third-order valence-corrected chi connectivity index (χ3v) is 5.44. The molecule has 1 fully saturated rings. The first-order valence-corrected chi connectivity index (χ1v) is 10.4. The van der Waals surface area contributed by atoms with Gasteiger partial charge in [0.1, 0.15) is 5.52 Å². The number of nitrogens with zero attached hydrogens (tertiary/aromatic N) is 5. The standard InChI is InChI=1S/C22H24N6O4/c1-3-28-18-17(9-6-10-23-18)24-19(20(28)29)26-11-13-27(14-12-26)22(31)25-16-8-5-4-7-15(16)21(30)32-2/h4-10H,3,11-14H2,1-2H3,(H,25,31). The van der Waals surface area contributed by atoms with Gasteiger partial charge in [-0.2, -0.15) is 0 Å². The molecule has 3 aromatic rings. The second-order valence-electron chi connectivity index (χ2n) is 7.27. The van der Waals surface area contributed by atoms with E-state index in [0.29, 0.717) is 55.4 Å². The number of pyridine rings is 1. The van der Waals surface area contributed by atoms with Gasteiger partial charge in [-0.25, -0.2) is 19.6 Å². The Bertz CT molecular complexity index is 1220. The van der Waals surface area contributed by atoms with Gasteiger partial charge in [-0.3, -0.25) is 9.36 Å². The molecule has 32 heavy (non-hydrogen) atoms. The molecule has 1 aliphatic heterocycles. The Labute approximate surface area is 184 Å². The number of nitrogens with one attached hydrogen (secondary N) is 1. The maximum atomic E-state index is 13.0. The van der Waals surface area contributed by atoms with Crippen molar-refractivity contribution in [3.63, 3.8) is 0 Å². The number of hydrogen-bond acceptors (Lipinski definition) is 7. The average molecular weight is 436 g/mol. The Morgan fingerprint density at radius 1 is 1.09 bits per heavy atom. The summed E-state index contributed by atoms with van der Waals surface area (Å²) in [6, 6.07) is 9.99. The minimum Gasteiger partial charge on any atom is -0.465 e. The van der Waals surface area contributed by atoms with Crippen molar-refractivity contribution in [2.45, 2.75) is 13.5 Å². The topological polar surface area (TPSA) is 110 Å². The van der Waals surface area contributed by atoms with Crippen LogP contribution in [0.15, 0.2) is 47.4 Å². The van der Waals surface area contributed by atoms with Crippen molar-refractivity contribution in [2.75, 3.05) is 43.5 Å². The molecular formula is C22H24N6O4. The highest BCUT2D eigenvalue weighted by Gasteiger charge is 2.25. The zero-order chi connectivity index (χ0) is 22.7. The lowest BCUT2D eigenvalue weighted by atomic mass is 10.2. The van der Waals surface area contributed by atoms with Crippen LogP contribution in [-0.2, 0) is 11.3 Å². The first-order valence-electron chi connectivity index (χ1n) is 10.4. The number of ether oxygens (including phenoxy) is 1. The summed E-state index contributed by atoms with van der Waals surface area (Å²) in [5.74, 6) is -0.154. The molecule has 0 radical (unpaired) electrons. The van der Waals surface area contributed by atoms with Gasteiger partial charge in [0.2, 0.25) is 0 Å². The summed E-state index contributed by atoms with van der Waals surface area (Å²) in [4.78, 5) is 50.1. The fourth-order valence-electron chi connectivity index (χ4n) is 3.76. The highest BCUT2D eigenvalue weighted by atomic mass is 16.5. The number of benzene rings is 1. The van der Waals surface area contributed by atoms with Crippen LogP contribution < -0.4 is 15.8 Å². The summed E-state index contributed by atoms with van der Waals surface area (Å²) in [5.41, 5.74) is 1.70. The third kappa shape index (κ3) is 3.98. The second kappa shape index (κ2) is 9.04. The maximum absolute atomic E-state index is 13.0. The molecule has 166 valence electrons. The van der Waals surface area contributed by atoms with E-state index in [0.717, 1.165) is 0 Å². The van der Waals surface area contributed by atoms with Gasteiger partial charge < -0.3 is 19.9 Å². The fraction of sp³-hybridized carbons (Fsp3) is 0.318. The number of carbonyl (C=O) groups excluding carboxylic acids is 2. The Morgan fingerprint density at radius 2 is 1.84 bits per heavy atom. The molecule has 0 unspecified atom stereocenters. The number of para-hydroxylation sites is 1. The van der Waals surface area contributed by atoms with Crippen molar-refractivity contribution in [2.24, 2.45) is 0 Å². The van der Waals surface area contributed by atoms with Crippen LogP contribution in [0.4, 0.5) is 16.3 Å². The van der Waals surface area contributed by atoms with Gasteiger partial charge in [0.15, 0.2) is 11.5 Å². The molecule has 0 atom stereocenters. The first-order chi connectivity index (χ1) is 15.5. The predicted octanol–water partition coefficient (Wildman–Crippen LogP) is 1.95. The molecule has 2 amide bonds. The van der Waals surface area contributed by atoms with E-state index < -0.39 is 5.97 Å². The molecule has 0 saturated carbocycles. The number of rotatable bonds is 4. The monoisotopic (exact) mass is 436 g/mol. The number of methoxy groups -OCH3 is 1. The lowest BCUT2D eigenvalue weighted by molar-refractivity contribution is 0.0602. The number of esters is 1.